The fraction of sp³-hybridized carbons (Fsp3) is 0.833. The van der Waals surface area contributed by atoms with E-state index in [0.29, 0.717) is 0 Å². The minimum Gasteiger partial charge on any atom is -0.394 e. The number of hydrogen-bond donors (Lipinski definition) is 7. The molecule has 0 bridgehead atoms. The predicted molar refractivity (Wildman–Crippen MR) is 48.2 cm³/mol. The first-order valence-corrected chi connectivity index (χ1v) is 5.63. The van der Waals surface area contributed by atoms with Gasteiger partial charge in [0.1, 0.15) is 18.8 Å². The van der Waals surface area contributed by atoms with Crippen molar-refractivity contribution < 1.29 is 44.7 Å². The quantitative estimate of drug-likeness (QED) is 0.235. The van der Waals surface area contributed by atoms with Crippen LogP contribution < -0.4 is 0 Å². The van der Waals surface area contributed by atoms with Gasteiger partial charge in [0.2, 0.25) is 5.78 Å². The molecule has 0 saturated heterocycles. The molecule has 16 heavy (non-hydrogen) atoms. The normalized spacial score (nSPS) is 19.9. The second-order valence-electron chi connectivity index (χ2n) is 3.05. The molecule has 10 heteroatoms. The molecule has 0 aromatic carbocycles. The molecule has 0 spiro atoms. The minimum absolute atomic E-state index is 1.14. The van der Waals surface area contributed by atoms with Crippen LogP contribution in [0.15, 0.2) is 0 Å². The molecule has 7 N–H and O–H groups in total. The van der Waals surface area contributed by atoms with Crippen molar-refractivity contribution >= 4 is 13.4 Å². The van der Waals surface area contributed by atoms with Gasteiger partial charge in [-0.15, -0.1) is 0 Å². The van der Waals surface area contributed by atoms with Gasteiger partial charge in [-0.2, -0.15) is 0 Å². The SMILES string of the molecule is O=C(CO)[C@@](O)([C@@H](O)[C@H](O)CO)P(=O)(O)O. The van der Waals surface area contributed by atoms with Crippen LogP contribution in [-0.4, -0.2) is 71.9 Å². The van der Waals surface area contributed by atoms with Gasteiger partial charge in [-0.1, -0.05) is 0 Å². The average Bonchev–Trinajstić information content (AvgIpc) is 2.22. The summed E-state index contributed by atoms with van der Waals surface area (Å²) in [7, 11) is -5.56. The van der Waals surface area contributed by atoms with Crippen LogP contribution in [0.25, 0.3) is 0 Å². The highest BCUT2D eigenvalue weighted by Gasteiger charge is 2.58. The van der Waals surface area contributed by atoms with Gasteiger partial charge in [-0.05, 0) is 0 Å². The maximum Gasteiger partial charge on any atom is 0.367 e. The fourth-order valence-corrected chi connectivity index (χ4v) is 1.90. The Balaban J connectivity index is 5.42. The summed E-state index contributed by atoms with van der Waals surface area (Å²) < 4.78 is 10.9. The first-order chi connectivity index (χ1) is 7.12. The Labute approximate surface area is 89.7 Å². The molecule has 0 fully saturated rings. The Kier molecular flexibility index (Phi) is 5.17. The minimum atomic E-state index is -5.56. The van der Waals surface area contributed by atoms with E-state index in [-0.39, 0.29) is 0 Å². The number of Topliss-reactive ketones (excluding diaryl/α,β-unsaturated/α-hetero) is 1. The van der Waals surface area contributed by atoms with Crippen LogP contribution in [0.3, 0.4) is 0 Å². The molecule has 0 aliphatic rings. The lowest BCUT2D eigenvalue weighted by molar-refractivity contribution is -0.153. The zero-order chi connectivity index (χ0) is 13.1. The molecule has 0 radical (unpaired) electrons. The molecule has 0 rings (SSSR count). The van der Waals surface area contributed by atoms with Gasteiger partial charge in [0.05, 0.1) is 6.61 Å². The van der Waals surface area contributed by atoms with Crippen molar-refractivity contribution in [3.63, 3.8) is 0 Å². The van der Waals surface area contributed by atoms with Crippen molar-refractivity contribution in [3.05, 3.63) is 0 Å². The van der Waals surface area contributed by atoms with E-state index in [1.165, 1.54) is 0 Å². The maximum atomic E-state index is 11.0. The molecule has 9 nitrogen and oxygen atoms in total. The van der Waals surface area contributed by atoms with Gasteiger partial charge < -0.3 is 35.3 Å². The van der Waals surface area contributed by atoms with Crippen LogP contribution in [0.5, 0.6) is 0 Å². The summed E-state index contributed by atoms with van der Waals surface area (Å²) in [6, 6.07) is 0. The van der Waals surface area contributed by atoms with Crippen molar-refractivity contribution in [1.82, 2.24) is 0 Å². The largest absolute Gasteiger partial charge is 0.394 e. The summed E-state index contributed by atoms with van der Waals surface area (Å²) in [5.41, 5.74) is 0. The van der Waals surface area contributed by atoms with E-state index in [1.807, 2.05) is 0 Å². The van der Waals surface area contributed by atoms with Gasteiger partial charge in [0, 0.05) is 0 Å². The summed E-state index contributed by atoms with van der Waals surface area (Å²) in [5.74, 6) is -1.76. The second-order valence-corrected chi connectivity index (χ2v) is 4.82. The van der Waals surface area contributed by atoms with Gasteiger partial charge in [0.15, 0.2) is 0 Å². The highest BCUT2D eigenvalue weighted by molar-refractivity contribution is 7.54. The number of aliphatic hydroxyl groups excluding tert-OH is 4. The standard InChI is InChI=1S/C6H13O9P/c7-1-3(9)5(11)6(12,4(10)2-8)16(13,14)15/h3,5,7-9,11-12H,1-2H2,(H2,13,14,15)/t3-,5+,6+/m1/s1. The zero-order valence-corrected chi connectivity index (χ0v) is 8.86. The third-order valence-corrected chi connectivity index (χ3v) is 3.36. The van der Waals surface area contributed by atoms with E-state index in [4.69, 9.17) is 25.1 Å². The van der Waals surface area contributed by atoms with Crippen molar-refractivity contribution in [3.8, 4) is 0 Å². The summed E-state index contributed by atoms with van der Waals surface area (Å²) in [6.07, 6.45) is -4.77. The van der Waals surface area contributed by atoms with Crippen LogP contribution in [0, 0.1) is 0 Å². The first kappa shape index (κ1) is 15.6. The van der Waals surface area contributed by atoms with Gasteiger partial charge in [0.25, 0.3) is 5.34 Å². The monoisotopic (exact) mass is 260 g/mol. The number of carbonyl (C=O) groups excluding carboxylic acids is 1. The topological polar surface area (TPSA) is 176 Å². The van der Waals surface area contributed by atoms with Crippen molar-refractivity contribution in [2.45, 2.75) is 17.6 Å². The smallest absolute Gasteiger partial charge is 0.367 e. The zero-order valence-electron chi connectivity index (χ0n) is 7.96. The molecule has 0 aliphatic heterocycles. The third-order valence-electron chi connectivity index (χ3n) is 1.96. The van der Waals surface area contributed by atoms with E-state index in [1.54, 1.807) is 0 Å². The van der Waals surface area contributed by atoms with Crippen LogP contribution in [0.2, 0.25) is 0 Å². The first-order valence-electron chi connectivity index (χ1n) is 4.02. The molecule has 0 aliphatic carbocycles. The predicted octanol–water partition coefficient (Wildman–Crippen LogP) is -3.87. The van der Waals surface area contributed by atoms with Crippen LogP contribution in [0.4, 0.5) is 0 Å². The lowest BCUT2D eigenvalue weighted by Gasteiger charge is -2.33. The van der Waals surface area contributed by atoms with Crippen LogP contribution in [-0.2, 0) is 9.36 Å². The van der Waals surface area contributed by atoms with E-state index in [2.05, 4.69) is 0 Å². The molecule has 0 amide bonds. The summed E-state index contributed by atoms with van der Waals surface area (Å²) in [6.45, 7) is -2.58. The van der Waals surface area contributed by atoms with E-state index in [9.17, 15) is 19.6 Å². The molecule has 0 aromatic rings. The molecular formula is C6H13O9P. The highest BCUT2D eigenvalue weighted by atomic mass is 31.2. The van der Waals surface area contributed by atoms with Crippen LogP contribution >= 0.6 is 7.60 Å². The van der Waals surface area contributed by atoms with E-state index in [0.717, 1.165) is 0 Å². The van der Waals surface area contributed by atoms with Crippen molar-refractivity contribution in [2.24, 2.45) is 0 Å². The number of aliphatic hydroxyl groups is 5. The Morgan fingerprint density at radius 2 is 1.69 bits per heavy atom. The van der Waals surface area contributed by atoms with E-state index < -0.39 is 44.1 Å². The fourth-order valence-electron chi connectivity index (χ4n) is 0.984. The van der Waals surface area contributed by atoms with Crippen LogP contribution in [0.1, 0.15) is 0 Å². The Hall–Kier alpha value is -0.380. The molecule has 0 unspecified atom stereocenters. The van der Waals surface area contributed by atoms with Gasteiger partial charge in [-0.3, -0.25) is 9.36 Å². The number of carbonyl (C=O) groups is 1. The molecule has 96 valence electrons. The van der Waals surface area contributed by atoms with Gasteiger partial charge in [-0.25, -0.2) is 0 Å². The number of hydrogen-bond acceptors (Lipinski definition) is 7. The second kappa shape index (κ2) is 5.30. The molecule has 0 aromatic heterocycles. The lowest BCUT2D eigenvalue weighted by Crippen LogP contribution is -2.56. The molecule has 0 saturated carbocycles. The Morgan fingerprint density at radius 1 is 1.25 bits per heavy atom. The van der Waals surface area contributed by atoms with E-state index >= 15 is 0 Å². The molecular weight excluding hydrogens is 247 g/mol. The Morgan fingerprint density at radius 3 is 1.94 bits per heavy atom. The average molecular weight is 260 g/mol. The summed E-state index contributed by atoms with van der Waals surface area (Å²) >= 11 is 0. The van der Waals surface area contributed by atoms with Crippen molar-refractivity contribution in [1.29, 1.82) is 0 Å². The maximum absolute atomic E-state index is 11.0. The summed E-state index contributed by atoms with van der Waals surface area (Å²) in [4.78, 5) is 28.5. The number of ketones is 1. The highest BCUT2D eigenvalue weighted by Crippen LogP contribution is 2.51. The molecule has 3 atom stereocenters. The molecule has 0 heterocycles. The lowest BCUT2D eigenvalue weighted by atomic mass is 10.0. The van der Waals surface area contributed by atoms with Crippen molar-refractivity contribution in [2.75, 3.05) is 13.2 Å². The Bertz CT molecular complexity index is 298. The summed E-state index contributed by atoms with van der Waals surface area (Å²) in [5, 5.41) is 40.7. The number of rotatable bonds is 6. The third kappa shape index (κ3) is 2.65. The van der Waals surface area contributed by atoms with Gasteiger partial charge >= 0.3 is 7.60 Å².